The molecule has 0 aliphatic heterocycles. The molecule has 1 amide bonds. The van der Waals surface area contributed by atoms with Crippen molar-refractivity contribution in [1.82, 2.24) is 15.5 Å². The van der Waals surface area contributed by atoms with Crippen LogP contribution in [0.25, 0.3) is 0 Å². The van der Waals surface area contributed by atoms with Gasteiger partial charge in [0.1, 0.15) is 5.82 Å². The summed E-state index contributed by atoms with van der Waals surface area (Å²) >= 11 is 0. The first-order chi connectivity index (χ1) is 7.54. The fourth-order valence-corrected chi connectivity index (χ4v) is 1.45. The van der Waals surface area contributed by atoms with Crippen molar-refractivity contribution in [3.63, 3.8) is 0 Å². The molecule has 3 N–H and O–H groups in total. The summed E-state index contributed by atoms with van der Waals surface area (Å²) in [7, 11) is 0. The van der Waals surface area contributed by atoms with E-state index in [9.17, 15) is 4.79 Å². The highest BCUT2D eigenvalue weighted by Gasteiger charge is 2.16. The van der Waals surface area contributed by atoms with Crippen LogP contribution in [0.2, 0.25) is 0 Å². The fourth-order valence-electron chi connectivity index (χ4n) is 1.45. The van der Waals surface area contributed by atoms with Crippen LogP contribution in [0.5, 0.6) is 0 Å². The largest absolute Gasteiger partial charge is 0.382 e. The summed E-state index contributed by atoms with van der Waals surface area (Å²) in [5.74, 6) is 0.510. The van der Waals surface area contributed by atoms with Crippen molar-refractivity contribution in [3.8, 4) is 0 Å². The Hall–Kier alpha value is -1.65. The van der Waals surface area contributed by atoms with Crippen molar-refractivity contribution < 1.29 is 4.79 Å². The smallest absolute Gasteiger partial charge is 0.272 e. The number of hydrogen-bond acceptors (Lipinski definition) is 4. The lowest BCUT2D eigenvalue weighted by Gasteiger charge is -2.20. The molecule has 1 atom stereocenters. The maximum Gasteiger partial charge on any atom is 0.272 e. The average Bonchev–Trinajstić information content (AvgIpc) is 2.26. The van der Waals surface area contributed by atoms with Crippen LogP contribution >= 0.6 is 0 Å². The van der Waals surface area contributed by atoms with Crippen LogP contribution in [0.3, 0.4) is 0 Å². The van der Waals surface area contributed by atoms with E-state index < -0.39 is 0 Å². The summed E-state index contributed by atoms with van der Waals surface area (Å²) < 4.78 is 0. The van der Waals surface area contributed by atoms with Gasteiger partial charge >= 0.3 is 0 Å². The summed E-state index contributed by atoms with van der Waals surface area (Å²) in [6, 6.07) is 3.30. The highest BCUT2D eigenvalue weighted by Crippen LogP contribution is 2.06. The molecule has 0 spiro atoms. The molecule has 88 valence electrons. The van der Waals surface area contributed by atoms with Gasteiger partial charge in [-0.1, -0.05) is 20.8 Å². The third kappa shape index (κ3) is 3.18. The average molecular weight is 222 g/mol. The lowest BCUT2D eigenvalue weighted by Crippen LogP contribution is -2.38. The molecule has 0 bridgehead atoms. The number of rotatable bonds is 4. The van der Waals surface area contributed by atoms with Crippen LogP contribution in [0.15, 0.2) is 12.1 Å². The SMILES string of the molecule is CCC(NC(=O)c1ccc(N)nn1)C(C)C. The van der Waals surface area contributed by atoms with E-state index in [1.54, 1.807) is 12.1 Å². The number of nitrogen functional groups attached to an aromatic ring is 1. The van der Waals surface area contributed by atoms with Crippen LogP contribution in [0.4, 0.5) is 5.82 Å². The van der Waals surface area contributed by atoms with E-state index in [4.69, 9.17) is 5.73 Å². The molecule has 0 aliphatic rings. The molecule has 1 aromatic rings. The number of nitrogens with one attached hydrogen (secondary N) is 1. The van der Waals surface area contributed by atoms with E-state index in [1.807, 2.05) is 6.92 Å². The molecule has 1 aromatic heterocycles. The lowest BCUT2D eigenvalue weighted by molar-refractivity contribution is 0.0918. The molecule has 0 fully saturated rings. The Morgan fingerprint density at radius 3 is 2.56 bits per heavy atom. The van der Waals surface area contributed by atoms with Gasteiger partial charge < -0.3 is 11.1 Å². The van der Waals surface area contributed by atoms with E-state index in [-0.39, 0.29) is 11.9 Å². The van der Waals surface area contributed by atoms with Crippen LogP contribution < -0.4 is 11.1 Å². The molecule has 0 radical (unpaired) electrons. The second kappa shape index (κ2) is 5.44. The Morgan fingerprint density at radius 1 is 1.44 bits per heavy atom. The summed E-state index contributed by atoms with van der Waals surface area (Å²) in [4.78, 5) is 11.8. The monoisotopic (exact) mass is 222 g/mol. The quantitative estimate of drug-likeness (QED) is 0.802. The van der Waals surface area contributed by atoms with Crippen LogP contribution in [-0.2, 0) is 0 Å². The van der Waals surface area contributed by atoms with E-state index in [0.717, 1.165) is 6.42 Å². The zero-order valence-electron chi connectivity index (χ0n) is 9.90. The Balaban J connectivity index is 2.68. The van der Waals surface area contributed by atoms with E-state index in [1.165, 1.54) is 0 Å². The van der Waals surface area contributed by atoms with Gasteiger partial charge in [-0.2, -0.15) is 0 Å². The minimum atomic E-state index is -0.201. The predicted octanol–water partition coefficient (Wildman–Crippen LogP) is 1.22. The number of amides is 1. The van der Waals surface area contributed by atoms with Crippen molar-refractivity contribution in [1.29, 1.82) is 0 Å². The lowest BCUT2D eigenvalue weighted by atomic mass is 10.0. The zero-order chi connectivity index (χ0) is 12.1. The fraction of sp³-hybridized carbons (Fsp3) is 0.545. The second-order valence-electron chi connectivity index (χ2n) is 4.08. The molecule has 1 heterocycles. The van der Waals surface area contributed by atoms with Gasteiger partial charge in [0.15, 0.2) is 5.69 Å². The standard InChI is InChI=1S/C11H18N4O/c1-4-8(7(2)3)13-11(16)9-5-6-10(12)15-14-9/h5-8H,4H2,1-3H3,(H2,12,15)(H,13,16). The van der Waals surface area contributed by atoms with Crippen LogP contribution in [0.1, 0.15) is 37.7 Å². The minimum absolute atomic E-state index is 0.159. The molecule has 0 saturated heterocycles. The van der Waals surface area contributed by atoms with Gasteiger partial charge in [-0.3, -0.25) is 4.79 Å². The van der Waals surface area contributed by atoms with Crippen molar-refractivity contribution in [2.24, 2.45) is 5.92 Å². The van der Waals surface area contributed by atoms with Crippen LogP contribution in [-0.4, -0.2) is 22.1 Å². The van der Waals surface area contributed by atoms with E-state index in [0.29, 0.717) is 17.4 Å². The van der Waals surface area contributed by atoms with E-state index in [2.05, 4.69) is 29.4 Å². The first-order valence-electron chi connectivity index (χ1n) is 5.44. The van der Waals surface area contributed by atoms with Gasteiger partial charge in [-0.05, 0) is 24.5 Å². The third-order valence-corrected chi connectivity index (χ3v) is 2.48. The zero-order valence-corrected chi connectivity index (χ0v) is 9.90. The molecule has 1 rings (SSSR count). The van der Waals surface area contributed by atoms with Crippen molar-refractivity contribution in [2.45, 2.75) is 33.2 Å². The number of anilines is 1. The summed E-state index contributed by atoms with van der Waals surface area (Å²) in [6.07, 6.45) is 0.895. The molecular weight excluding hydrogens is 204 g/mol. The van der Waals surface area contributed by atoms with Crippen molar-refractivity contribution in [2.75, 3.05) is 5.73 Å². The van der Waals surface area contributed by atoms with Gasteiger partial charge in [0.25, 0.3) is 5.91 Å². The normalized spacial score (nSPS) is 12.5. The Kier molecular flexibility index (Phi) is 4.22. The molecule has 5 nitrogen and oxygen atoms in total. The third-order valence-electron chi connectivity index (χ3n) is 2.48. The first kappa shape index (κ1) is 12.4. The number of carbonyl (C=O) groups is 1. The molecule has 0 saturated carbocycles. The minimum Gasteiger partial charge on any atom is -0.382 e. The van der Waals surface area contributed by atoms with Gasteiger partial charge in [-0.25, -0.2) is 0 Å². The summed E-state index contributed by atoms with van der Waals surface area (Å²) in [5, 5.41) is 10.3. The topological polar surface area (TPSA) is 80.9 Å². The number of carbonyl (C=O) groups excluding carboxylic acids is 1. The molecule has 5 heteroatoms. The highest BCUT2D eigenvalue weighted by atomic mass is 16.2. The number of nitrogens with zero attached hydrogens (tertiary/aromatic N) is 2. The van der Waals surface area contributed by atoms with Crippen molar-refractivity contribution in [3.05, 3.63) is 17.8 Å². The summed E-state index contributed by atoms with van der Waals surface area (Å²) in [5.41, 5.74) is 5.70. The van der Waals surface area contributed by atoms with E-state index >= 15 is 0 Å². The van der Waals surface area contributed by atoms with Crippen LogP contribution in [0, 0.1) is 5.92 Å². The molecule has 16 heavy (non-hydrogen) atoms. The Morgan fingerprint density at radius 2 is 2.12 bits per heavy atom. The van der Waals surface area contributed by atoms with Gasteiger partial charge in [0.2, 0.25) is 0 Å². The summed E-state index contributed by atoms with van der Waals surface area (Å²) in [6.45, 7) is 6.19. The molecular formula is C11H18N4O. The predicted molar refractivity (Wildman–Crippen MR) is 62.8 cm³/mol. The first-order valence-corrected chi connectivity index (χ1v) is 5.44. The molecule has 1 unspecified atom stereocenters. The van der Waals surface area contributed by atoms with Crippen molar-refractivity contribution >= 4 is 11.7 Å². The maximum absolute atomic E-state index is 11.8. The Labute approximate surface area is 95.4 Å². The number of aromatic nitrogens is 2. The number of nitrogens with two attached hydrogens (primary N) is 1. The molecule has 0 aromatic carbocycles. The Bertz CT molecular complexity index is 348. The molecule has 0 aliphatic carbocycles. The van der Waals surface area contributed by atoms with Gasteiger partial charge in [0.05, 0.1) is 0 Å². The van der Waals surface area contributed by atoms with Gasteiger partial charge in [0, 0.05) is 6.04 Å². The second-order valence-corrected chi connectivity index (χ2v) is 4.08. The van der Waals surface area contributed by atoms with Gasteiger partial charge in [-0.15, -0.1) is 10.2 Å². The number of hydrogen-bond donors (Lipinski definition) is 2. The maximum atomic E-state index is 11.8. The highest BCUT2D eigenvalue weighted by molar-refractivity contribution is 5.92.